The first-order valence-corrected chi connectivity index (χ1v) is 7.17. The van der Waals surface area contributed by atoms with Crippen LogP contribution >= 0.6 is 0 Å². The molecule has 0 aliphatic rings. The van der Waals surface area contributed by atoms with Gasteiger partial charge in [-0.05, 0) is 23.3 Å². The molecule has 0 atom stereocenters. The van der Waals surface area contributed by atoms with Crippen molar-refractivity contribution < 1.29 is 9.53 Å². The molecule has 2 aromatic carbocycles. The molecule has 0 saturated heterocycles. The van der Waals surface area contributed by atoms with E-state index in [1.165, 1.54) is 0 Å². The molecule has 0 radical (unpaired) electrons. The molecule has 0 spiro atoms. The van der Waals surface area contributed by atoms with Crippen LogP contribution in [0.15, 0.2) is 54.6 Å². The lowest BCUT2D eigenvalue weighted by molar-refractivity contribution is 0.141. The first kappa shape index (κ1) is 16.1. The van der Waals surface area contributed by atoms with E-state index in [9.17, 15) is 4.79 Å². The van der Waals surface area contributed by atoms with Gasteiger partial charge in [-0.3, -0.25) is 0 Å². The van der Waals surface area contributed by atoms with E-state index in [1.807, 2.05) is 54.6 Å². The zero-order chi connectivity index (χ0) is 16.3. The van der Waals surface area contributed by atoms with E-state index in [0.717, 1.165) is 16.7 Å². The summed E-state index contributed by atoms with van der Waals surface area (Å²) in [5, 5.41) is 11.2. The summed E-state index contributed by atoms with van der Waals surface area (Å²) in [4.78, 5) is 11.5. The third kappa shape index (κ3) is 5.95. The lowest BCUT2D eigenvalue weighted by Gasteiger charge is -2.04. The highest BCUT2D eigenvalue weighted by atomic mass is 16.5. The quantitative estimate of drug-likeness (QED) is 0.883. The second-order valence-corrected chi connectivity index (χ2v) is 4.75. The van der Waals surface area contributed by atoms with Crippen LogP contribution in [0.25, 0.3) is 0 Å². The molecule has 2 aromatic rings. The zero-order valence-electron chi connectivity index (χ0n) is 12.6. The summed E-state index contributed by atoms with van der Waals surface area (Å²) in [7, 11) is 0. The molecule has 2 rings (SSSR count). The van der Waals surface area contributed by atoms with Gasteiger partial charge in [0.2, 0.25) is 0 Å². The van der Waals surface area contributed by atoms with Crippen molar-refractivity contribution in [2.45, 2.75) is 13.0 Å². The van der Waals surface area contributed by atoms with E-state index < -0.39 is 6.09 Å². The Balaban J connectivity index is 1.72. The Morgan fingerprint density at radius 2 is 1.78 bits per heavy atom. The number of carbonyl (C=O) groups excluding carboxylic acids is 1. The molecule has 0 fully saturated rings. The van der Waals surface area contributed by atoms with Crippen molar-refractivity contribution in [3.8, 4) is 17.9 Å². The molecule has 4 nitrogen and oxygen atoms in total. The Bertz CT molecular complexity index is 735. The Morgan fingerprint density at radius 3 is 2.48 bits per heavy atom. The normalized spacial score (nSPS) is 9.17. The van der Waals surface area contributed by atoms with Crippen LogP contribution < -0.4 is 5.32 Å². The van der Waals surface area contributed by atoms with E-state index in [4.69, 9.17) is 10.00 Å². The fourth-order valence-electron chi connectivity index (χ4n) is 1.83. The fraction of sp³-hybridized carbons (Fsp3) is 0.158. The molecular weight excluding hydrogens is 288 g/mol. The summed E-state index contributed by atoms with van der Waals surface area (Å²) in [5.41, 5.74) is 2.73. The van der Waals surface area contributed by atoms with Crippen molar-refractivity contribution >= 4 is 6.09 Å². The molecule has 0 heterocycles. The molecular formula is C19H16N2O2. The van der Waals surface area contributed by atoms with Crippen molar-refractivity contribution in [1.82, 2.24) is 5.32 Å². The summed E-state index contributed by atoms with van der Waals surface area (Å²) in [5.74, 6) is 5.80. The Labute approximate surface area is 135 Å². The van der Waals surface area contributed by atoms with Crippen LogP contribution in [0.2, 0.25) is 0 Å². The minimum Gasteiger partial charge on any atom is -0.445 e. The SMILES string of the molecule is N#CCc1ccc(C#CCNC(=O)OCc2ccccc2)cc1. The number of nitrogens with one attached hydrogen (secondary N) is 1. The van der Waals surface area contributed by atoms with Gasteiger partial charge >= 0.3 is 6.09 Å². The smallest absolute Gasteiger partial charge is 0.408 e. The van der Waals surface area contributed by atoms with Crippen LogP contribution in [0.5, 0.6) is 0 Å². The van der Waals surface area contributed by atoms with Gasteiger partial charge in [0.05, 0.1) is 19.0 Å². The van der Waals surface area contributed by atoms with Crippen LogP contribution in [-0.4, -0.2) is 12.6 Å². The molecule has 114 valence electrons. The summed E-state index contributed by atoms with van der Waals surface area (Å²) in [6.07, 6.45) is -0.102. The van der Waals surface area contributed by atoms with Crippen LogP contribution in [0.1, 0.15) is 16.7 Å². The van der Waals surface area contributed by atoms with Crippen LogP contribution in [0, 0.1) is 23.2 Å². The third-order valence-electron chi connectivity index (χ3n) is 3.00. The van der Waals surface area contributed by atoms with Gasteiger partial charge in [-0.25, -0.2) is 4.79 Å². The number of ether oxygens (including phenoxy) is 1. The number of carbonyl (C=O) groups is 1. The lowest BCUT2D eigenvalue weighted by Crippen LogP contribution is -2.24. The first-order chi connectivity index (χ1) is 11.3. The molecule has 0 unspecified atom stereocenters. The molecule has 1 amide bonds. The van der Waals surface area contributed by atoms with Gasteiger partial charge in [0.1, 0.15) is 6.61 Å². The van der Waals surface area contributed by atoms with E-state index in [1.54, 1.807) is 0 Å². The average molecular weight is 304 g/mol. The van der Waals surface area contributed by atoms with E-state index in [0.29, 0.717) is 6.42 Å². The maximum Gasteiger partial charge on any atom is 0.408 e. The topological polar surface area (TPSA) is 62.1 Å². The number of benzene rings is 2. The molecule has 23 heavy (non-hydrogen) atoms. The van der Waals surface area contributed by atoms with Crippen LogP contribution in [-0.2, 0) is 17.8 Å². The maximum atomic E-state index is 11.5. The third-order valence-corrected chi connectivity index (χ3v) is 3.00. The molecule has 0 bridgehead atoms. The van der Waals surface area contributed by atoms with Gasteiger partial charge < -0.3 is 10.1 Å². The Hall–Kier alpha value is -3.24. The monoisotopic (exact) mass is 304 g/mol. The molecule has 0 aromatic heterocycles. The molecule has 4 heteroatoms. The highest BCUT2D eigenvalue weighted by Crippen LogP contribution is 2.03. The largest absolute Gasteiger partial charge is 0.445 e. The average Bonchev–Trinajstić information content (AvgIpc) is 2.59. The molecule has 0 aliphatic carbocycles. The standard InChI is InChI=1S/C19H16N2O2/c20-13-12-17-10-8-16(9-11-17)7-4-14-21-19(22)23-15-18-5-2-1-3-6-18/h1-3,5-6,8-11H,12,14-15H2,(H,21,22). The van der Waals surface area contributed by atoms with Gasteiger partial charge in [-0.15, -0.1) is 0 Å². The van der Waals surface area contributed by atoms with Crippen LogP contribution in [0.4, 0.5) is 4.79 Å². The summed E-state index contributed by atoms with van der Waals surface area (Å²) in [6.45, 7) is 0.452. The highest BCUT2D eigenvalue weighted by Gasteiger charge is 2.00. The Kier molecular flexibility index (Phi) is 6.26. The van der Waals surface area contributed by atoms with Gasteiger partial charge in [0.15, 0.2) is 0 Å². The maximum absolute atomic E-state index is 11.5. The van der Waals surface area contributed by atoms with Gasteiger partial charge in [0, 0.05) is 5.56 Å². The molecule has 1 N–H and O–H groups in total. The number of nitriles is 1. The van der Waals surface area contributed by atoms with Gasteiger partial charge in [0.25, 0.3) is 0 Å². The number of nitrogens with zero attached hydrogens (tertiary/aromatic N) is 1. The number of rotatable bonds is 4. The summed E-state index contributed by atoms with van der Waals surface area (Å²) >= 11 is 0. The van der Waals surface area contributed by atoms with Gasteiger partial charge in [-0.2, -0.15) is 5.26 Å². The first-order valence-electron chi connectivity index (χ1n) is 7.17. The highest BCUT2D eigenvalue weighted by molar-refractivity contribution is 5.67. The van der Waals surface area contributed by atoms with Crippen molar-refractivity contribution in [1.29, 1.82) is 5.26 Å². The second kappa shape index (κ2) is 8.92. The predicted molar refractivity (Wildman–Crippen MR) is 87.3 cm³/mol. The fourth-order valence-corrected chi connectivity index (χ4v) is 1.83. The van der Waals surface area contributed by atoms with Crippen LogP contribution in [0.3, 0.4) is 0 Å². The van der Waals surface area contributed by atoms with E-state index in [-0.39, 0.29) is 13.2 Å². The predicted octanol–water partition coefficient (Wildman–Crippen LogP) is 3.03. The number of alkyl carbamates (subject to hydrolysis) is 1. The summed E-state index contributed by atoms with van der Waals surface area (Å²) < 4.78 is 5.07. The van der Waals surface area contributed by atoms with E-state index >= 15 is 0 Å². The minimum atomic E-state index is -0.493. The number of hydrogen-bond acceptors (Lipinski definition) is 3. The zero-order valence-corrected chi connectivity index (χ0v) is 12.6. The van der Waals surface area contributed by atoms with Crippen molar-refractivity contribution in [3.63, 3.8) is 0 Å². The molecule has 0 saturated carbocycles. The minimum absolute atomic E-state index is 0.216. The molecule has 0 aliphatic heterocycles. The lowest BCUT2D eigenvalue weighted by atomic mass is 10.1. The van der Waals surface area contributed by atoms with Crippen molar-refractivity contribution in [3.05, 3.63) is 71.3 Å². The second-order valence-electron chi connectivity index (χ2n) is 4.75. The van der Waals surface area contributed by atoms with E-state index in [2.05, 4.69) is 23.2 Å². The van der Waals surface area contributed by atoms with Crippen molar-refractivity contribution in [2.75, 3.05) is 6.54 Å². The number of hydrogen-bond donors (Lipinski definition) is 1. The van der Waals surface area contributed by atoms with Crippen molar-refractivity contribution in [2.24, 2.45) is 0 Å². The van der Waals surface area contributed by atoms with Gasteiger partial charge in [-0.1, -0.05) is 54.3 Å². The number of amides is 1. The Morgan fingerprint density at radius 1 is 1.04 bits per heavy atom. The summed E-state index contributed by atoms with van der Waals surface area (Å²) in [6, 6.07) is 19.0.